The fourth-order valence-electron chi connectivity index (χ4n) is 7.07. The molecule has 4 aliphatic heterocycles. The van der Waals surface area contributed by atoms with E-state index in [1.165, 1.54) is 41.7 Å². The minimum absolute atomic E-state index is 0.595. The number of rotatable bonds is 17. The topological polar surface area (TPSA) is 364 Å². The van der Waals surface area contributed by atoms with Gasteiger partial charge in [-0.15, -0.1) is 0 Å². The fourth-order valence-corrected chi connectivity index (χ4v) is 7.07. The number of hydrogen-bond acceptors (Lipinski definition) is 23. The van der Waals surface area contributed by atoms with Gasteiger partial charge in [0, 0.05) is 14.0 Å². The highest BCUT2D eigenvalue weighted by atomic mass is 16.8. The van der Waals surface area contributed by atoms with Crippen molar-refractivity contribution < 1.29 is 113 Å². The number of aliphatic hydroxyl groups excluding tert-OH is 12. The summed E-state index contributed by atoms with van der Waals surface area (Å²) in [6.07, 6.45) is -36.7. The SMILES string of the molecule is CO[C@@H]1OC(CO)[C@@H](O)C(O[C@@H]2OC(C)[C@H](O[C@@H](OC(CO)[C@@H](O)CO)C(C)O)C(O[C@@H]3OC(C)[C@H](O)C(O)C3O[C@@H]3OC(C)[C@H](O)C(O)C3O)C2O)C1NC(C)=O. The van der Waals surface area contributed by atoms with Crippen LogP contribution in [-0.4, -0.2) is 241 Å². The van der Waals surface area contributed by atoms with E-state index < -0.39 is 173 Å². The second-order valence-electron chi connectivity index (χ2n) is 14.9. The standard InChI is InChI=1S/C34H61NO23/c1-10(39)30(53-16(8-37)15(41)7-36)55-26-13(4)52-33(56-27-18(35-14(5)40)31(49-6)54-17(9-38)21(27)44)25(48)28(26)57-34-29(23(46)20(43)12(3)51-34)58-32-24(47)22(45)19(42)11(2)50-32/h10-13,15-34,36-39,41-48H,7-9H2,1-6H3,(H,35,40)/t10?,11?,12?,13?,15-,16?,17?,18?,19-,20-,21+,22?,23?,24?,25?,26-,27?,28?,29?,30+,31+,32-,33-,34-/m0/s1. The number of ether oxygens (including phenoxy) is 10. The molecule has 24 atom stereocenters. The van der Waals surface area contributed by atoms with Crippen LogP contribution < -0.4 is 5.32 Å². The van der Waals surface area contributed by atoms with Crippen molar-refractivity contribution in [1.82, 2.24) is 5.32 Å². The van der Waals surface area contributed by atoms with Crippen molar-refractivity contribution in [2.75, 3.05) is 26.9 Å². The number of hydrogen-bond donors (Lipinski definition) is 13. The van der Waals surface area contributed by atoms with Gasteiger partial charge in [-0.3, -0.25) is 4.79 Å². The Morgan fingerprint density at radius 1 is 0.638 bits per heavy atom. The molecule has 24 heteroatoms. The van der Waals surface area contributed by atoms with Crippen LogP contribution in [0, 0.1) is 0 Å². The van der Waals surface area contributed by atoms with Gasteiger partial charge in [0.15, 0.2) is 31.5 Å². The molecule has 1 amide bonds. The Bertz CT molecular complexity index is 1260. The molecule has 58 heavy (non-hydrogen) atoms. The summed E-state index contributed by atoms with van der Waals surface area (Å²) >= 11 is 0. The first kappa shape index (κ1) is 49.2. The van der Waals surface area contributed by atoms with E-state index in [2.05, 4.69) is 5.32 Å². The second-order valence-corrected chi connectivity index (χ2v) is 14.9. The summed E-state index contributed by atoms with van der Waals surface area (Å²) in [5.41, 5.74) is 0. The van der Waals surface area contributed by atoms with Gasteiger partial charge >= 0.3 is 0 Å². The van der Waals surface area contributed by atoms with E-state index in [-0.39, 0.29) is 0 Å². The first-order chi connectivity index (χ1) is 27.3. The van der Waals surface area contributed by atoms with Gasteiger partial charge in [-0.2, -0.15) is 0 Å². The maximum Gasteiger partial charge on any atom is 0.217 e. The minimum atomic E-state index is -2.01. The van der Waals surface area contributed by atoms with E-state index in [1.807, 2.05) is 0 Å². The second kappa shape index (κ2) is 21.6. The third-order valence-electron chi connectivity index (χ3n) is 10.5. The lowest BCUT2D eigenvalue weighted by Gasteiger charge is -2.50. The molecule has 0 bridgehead atoms. The lowest BCUT2D eigenvalue weighted by molar-refractivity contribution is -0.398. The molecule has 0 aliphatic carbocycles. The molecule has 0 saturated carbocycles. The van der Waals surface area contributed by atoms with Crippen LogP contribution in [0.25, 0.3) is 0 Å². The molecule has 24 nitrogen and oxygen atoms in total. The lowest BCUT2D eigenvalue weighted by Crippen LogP contribution is -2.69. The third-order valence-corrected chi connectivity index (χ3v) is 10.5. The Hall–Kier alpha value is -1.41. The average molecular weight is 852 g/mol. The third kappa shape index (κ3) is 11.1. The quantitative estimate of drug-likeness (QED) is 0.0605. The summed E-state index contributed by atoms with van der Waals surface area (Å²) in [5, 5.41) is 129. The van der Waals surface area contributed by atoms with Gasteiger partial charge in [-0.1, -0.05) is 0 Å². The van der Waals surface area contributed by atoms with E-state index >= 15 is 0 Å². The highest BCUT2D eigenvalue weighted by Gasteiger charge is 2.56. The Balaban J connectivity index is 1.73. The minimum Gasteiger partial charge on any atom is -0.394 e. The Morgan fingerprint density at radius 2 is 1.19 bits per heavy atom. The molecule has 0 radical (unpaired) electrons. The summed E-state index contributed by atoms with van der Waals surface area (Å²) in [6.45, 7) is 4.15. The van der Waals surface area contributed by atoms with Crippen LogP contribution in [0.3, 0.4) is 0 Å². The van der Waals surface area contributed by atoms with Crippen molar-refractivity contribution in [3.63, 3.8) is 0 Å². The van der Waals surface area contributed by atoms with Gasteiger partial charge in [0.25, 0.3) is 0 Å². The van der Waals surface area contributed by atoms with E-state index in [0.29, 0.717) is 0 Å². The van der Waals surface area contributed by atoms with Gasteiger partial charge < -0.3 is 114 Å². The molecule has 0 aromatic heterocycles. The molecule has 14 unspecified atom stereocenters. The lowest BCUT2D eigenvalue weighted by atomic mass is 9.95. The monoisotopic (exact) mass is 851 g/mol. The Morgan fingerprint density at radius 3 is 1.74 bits per heavy atom. The molecule has 4 saturated heterocycles. The van der Waals surface area contributed by atoms with Crippen LogP contribution in [0.2, 0.25) is 0 Å². The van der Waals surface area contributed by atoms with Crippen molar-refractivity contribution in [2.24, 2.45) is 0 Å². The van der Waals surface area contributed by atoms with Gasteiger partial charge in [0.2, 0.25) is 5.91 Å². The number of nitrogens with one attached hydrogen (secondary N) is 1. The van der Waals surface area contributed by atoms with Gasteiger partial charge in [-0.25, -0.2) is 0 Å². The molecular formula is C34H61NO23. The largest absolute Gasteiger partial charge is 0.394 e. The Kier molecular flexibility index (Phi) is 18.3. The molecular weight excluding hydrogens is 790 g/mol. The van der Waals surface area contributed by atoms with Crippen LogP contribution in [0.5, 0.6) is 0 Å². The number of methoxy groups -OCH3 is 1. The smallest absolute Gasteiger partial charge is 0.217 e. The molecule has 13 N–H and O–H groups in total. The Labute approximate surface area is 333 Å². The zero-order valence-electron chi connectivity index (χ0n) is 32.8. The molecule has 0 spiro atoms. The number of amides is 1. The summed E-state index contributed by atoms with van der Waals surface area (Å²) in [6, 6.07) is -1.25. The van der Waals surface area contributed by atoms with Crippen molar-refractivity contribution in [2.45, 2.75) is 182 Å². The van der Waals surface area contributed by atoms with Gasteiger partial charge in [0.05, 0.1) is 38.1 Å². The molecule has 4 heterocycles. The molecule has 0 aromatic rings. The van der Waals surface area contributed by atoms with Crippen LogP contribution in [0.4, 0.5) is 0 Å². The highest BCUT2D eigenvalue weighted by Crippen LogP contribution is 2.36. The molecule has 0 aromatic carbocycles. The first-order valence-electron chi connectivity index (χ1n) is 18.9. The average Bonchev–Trinajstić information content (AvgIpc) is 3.18. The predicted octanol–water partition coefficient (Wildman–Crippen LogP) is -7.41. The van der Waals surface area contributed by atoms with Gasteiger partial charge in [-0.05, 0) is 27.7 Å². The normalized spacial score (nSPS) is 45.9. The first-order valence-corrected chi connectivity index (χ1v) is 18.9. The maximum absolute atomic E-state index is 12.2. The van der Waals surface area contributed by atoms with E-state index in [9.17, 15) is 66.1 Å². The maximum atomic E-state index is 12.2. The molecule has 4 rings (SSSR count). The number of carbonyl (C=O) groups is 1. The van der Waals surface area contributed by atoms with Crippen molar-refractivity contribution in [1.29, 1.82) is 0 Å². The van der Waals surface area contributed by atoms with Crippen LogP contribution in [0.1, 0.15) is 34.6 Å². The predicted molar refractivity (Wildman–Crippen MR) is 185 cm³/mol. The summed E-state index contributed by atoms with van der Waals surface area (Å²) in [4.78, 5) is 12.2. The van der Waals surface area contributed by atoms with Crippen LogP contribution in [-0.2, 0) is 52.2 Å². The summed E-state index contributed by atoms with van der Waals surface area (Å²) < 4.78 is 58.3. The summed E-state index contributed by atoms with van der Waals surface area (Å²) in [7, 11) is 1.24. The van der Waals surface area contributed by atoms with Crippen molar-refractivity contribution in [3.8, 4) is 0 Å². The van der Waals surface area contributed by atoms with Crippen LogP contribution in [0.15, 0.2) is 0 Å². The molecule has 340 valence electrons. The zero-order chi connectivity index (χ0) is 43.3. The molecule has 4 aliphatic rings. The van der Waals surface area contributed by atoms with Crippen molar-refractivity contribution >= 4 is 5.91 Å². The van der Waals surface area contributed by atoms with E-state index in [0.717, 1.165) is 0 Å². The van der Waals surface area contributed by atoms with E-state index in [4.69, 9.17) is 47.4 Å². The molecule has 4 fully saturated rings. The van der Waals surface area contributed by atoms with Gasteiger partial charge in [0.1, 0.15) is 97.6 Å². The summed E-state index contributed by atoms with van der Waals surface area (Å²) in [5.74, 6) is -0.595. The number of aliphatic hydroxyl groups is 12. The number of carbonyl (C=O) groups excluding carboxylic acids is 1. The zero-order valence-corrected chi connectivity index (χ0v) is 32.8. The van der Waals surface area contributed by atoms with E-state index in [1.54, 1.807) is 0 Å². The highest BCUT2D eigenvalue weighted by molar-refractivity contribution is 5.73. The fraction of sp³-hybridized carbons (Fsp3) is 0.971. The van der Waals surface area contributed by atoms with Crippen LogP contribution >= 0.6 is 0 Å². The van der Waals surface area contributed by atoms with Crippen molar-refractivity contribution in [3.05, 3.63) is 0 Å².